The number of hydrogen-bond acceptors (Lipinski definition) is 5. The SMILES string of the molecule is Cc1nc(N2CC3CCC(O)C3C2)ncc1C(=O)O. The molecule has 1 aliphatic heterocycles. The Hall–Kier alpha value is -1.69. The molecule has 6 heteroatoms. The summed E-state index contributed by atoms with van der Waals surface area (Å²) in [5.74, 6) is 0.392. The quantitative estimate of drug-likeness (QED) is 0.816. The highest BCUT2D eigenvalue weighted by atomic mass is 16.4. The molecule has 0 aromatic carbocycles. The summed E-state index contributed by atoms with van der Waals surface area (Å²) < 4.78 is 0. The number of aliphatic hydroxyl groups excluding tert-OH is 1. The molecule has 0 radical (unpaired) electrons. The molecule has 0 spiro atoms. The zero-order chi connectivity index (χ0) is 13.6. The van der Waals surface area contributed by atoms with Gasteiger partial charge in [-0.3, -0.25) is 0 Å². The zero-order valence-corrected chi connectivity index (χ0v) is 10.8. The van der Waals surface area contributed by atoms with Crippen molar-refractivity contribution in [3.05, 3.63) is 17.5 Å². The molecule has 19 heavy (non-hydrogen) atoms. The average molecular weight is 263 g/mol. The van der Waals surface area contributed by atoms with E-state index in [1.165, 1.54) is 6.20 Å². The average Bonchev–Trinajstić information content (AvgIpc) is 2.91. The van der Waals surface area contributed by atoms with E-state index in [0.717, 1.165) is 25.9 Å². The summed E-state index contributed by atoms with van der Waals surface area (Å²) in [5, 5.41) is 18.9. The van der Waals surface area contributed by atoms with E-state index in [-0.39, 0.29) is 11.7 Å². The van der Waals surface area contributed by atoms with E-state index >= 15 is 0 Å². The molecule has 1 aromatic rings. The summed E-state index contributed by atoms with van der Waals surface area (Å²) in [6, 6.07) is 0. The molecule has 3 atom stereocenters. The number of rotatable bonds is 2. The Morgan fingerprint density at radius 1 is 1.42 bits per heavy atom. The minimum Gasteiger partial charge on any atom is -0.478 e. The topological polar surface area (TPSA) is 86.5 Å². The van der Waals surface area contributed by atoms with Gasteiger partial charge in [-0.15, -0.1) is 0 Å². The summed E-state index contributed by atoms with van der Waals surface area (Å²) in [5.41, 5.74) is 0.623. The van der Waals surface area contributed by atoms with Crippen LogP contribution in [0.15, 0.2) is 6.20 Å². The first-order valence-electron chi connectivity index (χ1n) is 6.56. The third-order valence-electron chi connectivity index (χ3n) is 4.30. The Labute approximate surface area is 111 Å². The second kappa shape index (κ2) is 4.45. The first kappa shape index (κ1) is 12.3. The van der Waals surface area contributed by atoms with E-state index in [0.29, 0.717) is 23.5 Å². The highest BCUT2D eigenvalue weighted by molar-refractivity contribution is 5.88. The van der Waals surface area contributed by atoms with Crippen molar-refractivity contribution in [2.45, 2.75) is 25.9 Å². The standard InChI is InChI=1S/C13H17N3O3/c1-7-9(12(18)19)4-14-13(15-7)16-5-8-2-3-11(17)10(8)6-16/h4,8,10-11,17H,2-3,5-6H2,1H3,(H,18,19). The molecule has 2 heterocycles. The van der Waals surface area contributed by atoms with Crippen LogP contribution in [0.2, 0.25) is 0 Å². The summed E-state index contributed by atoms with van der Waals surface area (Å²) >= 11 is 0. The zero-order valence-electron chi connectivity index (χ0n) is 10.8. The van der Waals surface area contributed by atoms with Gasteiger partial charge in [-0.25, -0.2) is 14.8 Å². The van der Waals surface area contributed by atoms with Crippen LogP contribution < -0.4 is 4.90 Å². The second-order valence-electron chi connectivity index (χ2n) is 5.45. The number of carboxylic acids is 1. The summed E-state index contributed by atoms with van der Waals surface area (Å²) in [6.07, 6.45) is 3.09. The number of carbonyl (C=O) groups is 1. The van der Waals surface area contributed by atoms with Crippen molar-refractivity contribution in [3.63, 3.8) is 0 Å². The van der Waals surface area contributed by atoms with E-state index in [1.807, 2.05) is 0 Å². The summed E-state index contributed by atoms with van der Waals surface area (Å²) in [6.45, 7) is 3.30. The fourth-order valence-corrected chi connectivity index (χ4v) is 3.22. The van der Waals surface area contributed by atoms with Gasteiger partial charge in [0, 0.05) is 25.2 Å². The molecule has 2 fully saturated rings. The fraction of sp³-hybridized carbons (Fsp3) is 0.615. The lowest BCUT2D eigenvalue weighted by atomic mass is 10.00. The Kier molecular flexibility index (Phi) is 2.89. The monoisotopic (exact) mass is 263 g/mol. The van der Waals surface area contributed by atoms with Gasteiger partial charge in [0.2, 0.25) is 5.95 Å². The molecular weight excluding hydrogens is 246 g/mol. The molecule has 1 saturated heterocycles. The van der Waals surface area contributed by atoms with Crippen LogP contribution in [0.5, 0.6) is 0 Å². The first-order chi connectivity index (χ1) is 9.06. The fourth-order valence-electron chi connectivity index (χ4n) is 3.22. The highest BCUT2D eigenvalue weighted by Gasteiger charge is 2.42. The lowest BCUT2D eigenvalue weighted by Gasteiger charge is -2.18. The van der Waals surface area contributed by atoms with Crippen LogP contribution in [0.25, 0.3) is 0 Å². The van der Waals surface area contributed by atoms with E-state index in [1.54, 1.807) is 6.92 Å². The Morgan fingerprint density at radius 3 is 2.84 bits per heavy atom. The maximum atomic E-state index is 10.9. The van der Waals surface area contributed by atoms with Crippen molar-refractivity contribution in [1.29, 1.82) is 0 Å². The summed E-state index contributed by atoms with van der Waals surface area (Å²) in [7, 11) is 0. The van der Waals surface area contributed by atoms with E-state index in [2.05, 4.69) is 14.9 Å². The lowest BCUT2D eigenvalue weighted by Crippen LogP contribution is -2.26. The number of carboxylic acid groups (broad SMARTS) is 1. The van der Waals surface area contributed by atoms with Crippen molar-refractivity contribution < 1.29 is 15.0 Å². The van der Waals surface area contributed by atoms with Crippen molar-refractivity contribution in [3.8, 4) is 0 Å². The van der Waals surface area contributed by atoms with Crippen LogP contribution >= 0.6 is 0 Å². The molecule has 102 valence electrons. The number of aliphatic hydroxyl groups is 1. The number of anilines is 1. The molecular formula is C13H17N3O3. The molecule has 3 rings (SSSR count). The third-order valence-corrected chi connectivity index (χ3v) is 4.30. The van der Waals surface area contributed by atoms with Crippen molar-refractivity contribution in [2.75, 3.05) is 18.0 Å². The number of aromatic nitrogens is 2. The second-order valence-corrected chi connectivity index (χ2v) is 5.45. The Balaban J connectivity index is 1.81. The number of nitrogens with zero attached hydrogens (tertiary/aromatic N) is 3. The predicted molar refractivity (Wildman–Crippen MR) is 68.2 cm³/mol. The molecule has 2 N–H and O–H groups in total. The molecule has 1 saturated carbocycles. The van der Waals surface area contributed by atoms with Crippen LogP contribution in [0.3, 0.4) is 0 Å². The van der Waals surface area contributed by atoms with Crippen molar-refractivity contribution in [1.82, 2.24) is 9.97 Å². The minimum atomic E-state index is -1.00. The minimum absolute atomic E-state index is 0.142. The van der Waals surface area contributed by atoms with E-state index < -0.39 is 5.97 Å². The van der Waals surface area contributed by atoms with Crippen molar-refractivity contribution in [2.24, 2.45) is 11.8 Å². The number of aryl methyl sites for hydroxylation is 1. The van der Waals surface area contributed by atoms with Gasteiger partial charge in [-0.2, -0.15) is 0 Å². The highest BCUT2D eigenvalue weighted by Crippen LogP contribution is 2.39. The van der Waals surface area contributed by atoms with Crippen LogP contribution in [-0.4, -0.2) is 45.3 Å². The molecule has 2 aliphatic rings. The number of hydrogen-bond donors (Lipinski definition) is 2. The molecule has 0 amide bonds. The molecule has 0 bridgehead atoms. The molecule has 1 aliphatic carbocycles. The van der Waals surface area contributed by atoms with E-state index in [9.17, 15) is 9.90 Å². The predicted octanol–water partition coefficient (Wildman–Crippen LogP) is 0.690. The van der Waals surface area contributed by atoms with Gasteiger partial charge < -0.3 is 15.1 Å². The molecule has 6 nitrogen and oxygen atoms in total. The number of aromatic carboxylic acids is 1. The van der Waals surface area contributed by atoms with Crippen molar-refractivity contribution >= 4 is 11.9 Å². The third kappa shape index (κ3) is 2.06. The largest absolute Gasteiger partial charge is 0.478 e. The van der Waals surface area contributed by atoms with Gasteiger partial charge in [0.15, 0.2) is 0 Å². The molecule has 1 aromatic heterocycles. The Bertz CT molecular complexity index is 520. The maximum Gasteiger partial charge on any atom is 0.339 e. The van der Waals surface area contributed by atoms with Gasteiger partial charge in [0.1, 0.15) is 0 Å². The van der Waals surface area contributed by atoms with Crippen LogP contribution in [0.1, 0.15) is 28.9 Å². The lowest BCUT2D eigenvalue weighted by molar-refractivity contribution is 0.0695. The first-order valence-corrected chi connectivity index (χ1v) is 6.56. The summed E-state index contributed by atoms with van der Waals surface area (Å²) in [4.78, 5) is 21.4. The van der Waals surface area contributed by atoms with E-state index in [4.69, 9.17) is 5.11 Å². The van der Waals surface area contributed by atoms with Crippen LogP contribution in [0, 0.1) is 18.8 Å². The number of fused-ring (bicyclic) bond motifs is 1. The van der Waals surface area contributed by atoms with Gasteiger partial charge in [-0.1, -0.05) is 0 Å². The van der Waals surface area contributed by atoms with Gasteiger partial charge >= 0.3 is 5.97 Å². The van der Waals surface area contributed by atoms with Crippen LogP contribution in [0.4, 0.5) is 5.95 Å². The maximum absolute atomic E-state index is 10.9. The van der Waals surface area contributed by atoms with Gasteiger partial charge in [-0.05, 0) is 25.7 Å². The van der Waals surface area contributed by atoms with Crippen LogP contribution in [-0.2, 0) is 0 Å². The normalized spacial score (nSPS) is 29.6. The van der Waals surface area contributed by atoms with Gasteiger partial charge in [0.05, 0.1) is 17.4 Å². The van der Waals surface area contributed by atoms with Gasteiger partial charge in [0.25, 0.3) is 0 Å². The Morgan fingerprint density at radius 2 is 2.21 bits per heavy atom. The molecule has 3 unspecified atom stereocenters. The smallest absolute Gasteiger partial charge is 0.339 e.